The van der Waals surface area contributed by atoms with Crippen LogP contribution in [0.1, 0.15) is 19.4 Å². The number of rotatable bonds is 10. The SMILES string of the molecule is CCNC(=O)C(C)N(Cc1ccc(OC)cc1)C(=O)CN(c1cc(Cl)cc(Cl)c1)S(C)(=O)=O. The maximum absolute atomic E-state index is 13.4. The summed E-state index contributed by atoms with van der Waals surface area (Å²) in [4.78, 5) is 27.2. The first-order valence-corrected chi connectivity index (χ1v) is 12.7. The van der Waals surface area contributed by atoms with E-state index in [-0.39, 0.29) is 28.2 Å². The van der Waals surface area contributed by atoms with Crippen LogP contribution < -0.4 is 14.4 Å². The summed E-state index contributed by atoms with van der Waals surface area (Å²) in [6.07, 6.45) is 0.982. The Labute approximate surface area is 204 Å². The fourth-order valence-corrected chi connectivity index (χ4v) is 4.48. The quantitative estimate of drug-likeness (QED) is 0.523. The van der Waals surface area contributed by atoms with Crippen molar-refractivity contribution >= 4 is 50.7 Å². The predicted molar refractivity (Wildman–Crippen MR) is 130 cm³/mol. The molecule has 0 saturated carbocycles. The van der Waals surface area contributed by atoms with Gasteiger partial charge in [-0.2, -0.15) is 0 Å². The van der Waals surface area contributed by atoms with Crippen molar-refractivity contribution in [2.45, 2.75) is 26.4 Å². The number of anilines is 1. The third kappa shape index (κ3) is 7.52. The number of halogens is 2. The van der Waals surface area contributed by atoms with Gasteiger partial charge in [0.1, 0.15) is 18.3 Å². The van der Waals surface area contributed by atoms with Crippen LogP contribution in [0.4, 0.5) is 5.69 Å². The van der Waals surface area contributed by atoms with Crippen molar-refractivity contribution in [3.63, 3.8) is 0 Å². The van der Waals surface area contributed by atoms with Gasteiger partial charge in [0.05, 0.1) is 19.1 Å². The molecule has 0 radical (unpaired) electrons. The molecule has 0 spiro atoms. The zero-order valence-corrected chi connectivity index (χ0v) is 21.2. The van der Waals surface area contributed by atoms with E-state index >= 15 is 0 Å². The molecule has 1 N–H and O–H groups in total. The highest BCUT2D eigenvalue weighted by Crippen LogP contribution is 2.27. The molecule has 0 aromatic heterocycles. The van der Waals surface area contributed by atoms with Gasteiger partial charge in [0.15, 0.2) is 0 Å². The van der Waals surface area contributed by atoms with Crippen molar-refractivity contribution in [3.8, 4) is 5.75 Å². The number of benzene rings is 2. The predicted octanol–water partition coefficient (Wildman–Crippen LogP) is 3.32. The molecule has 1 atom stereocenters. The number of methoxy groups -OCH3 is 1. The zero-order chi connectivity index (χ0) is 24.8. The molecule has 2 amide bonds. The molecule has 8 nitrogen and oxygen atoms in total. The van der Waals surface area contributed by atoms with Crippen LogP contribution in [0.15, 0.2) is 42.5 Å². The Balaban J connectivity index is 2.40. The zero-order valence-electron chi connectivity index (χ0n) is 18.8. The molecule has 0 fully saturated rings. The minimum atomic E-state index is -3.87. The molecule has 33 heavy (non-hydrogen) atoms. The Morgan fingerprint density at radius 3 is 2.15 bits per heavy atom. The van der Waals surface area contributed by atoms with E-state index in [0.717, 1.165) is 16.1 Å². The monoisotopic (exact) mass is 515 g/mol. The molecule has 0 aliphatic rings. The van der Waals surface area contributed by atoms with Crippen molar-refractivity contribution < 1.29 is 22.7 Å². The number of amides is 2. The second-order valence-electron chi connectivity index (χ2n) is 7.34. The van der Waals surface area contributed by atoms with E-state index in [9.17, 15) is 18.0 Å². The van der Waals surface area contributed by atoms with Gasteiger partial charge in [0.2, 0.25) is 21.8 Å². The molecule has 1 unspecified atom stereocenters. The Kier molecular flexibility index (Phi) is 9.39. The number of likely N-dealkylation sites (N-methyl/N-ethyl adjacent to an activating group) is 1. The topological polar surface area (TPSA) is 96.0 Å². The normalized spacial score (nSPS) is 12.1. The maximum atomic E-state index is 13.4. The third-order valence-corrected chi connectivity index (χ3v) is 6.42. The van der Waals surface area contributed by atoms with Crippen LogP contribution in [-0.4, -0.2) is 57.6 Å². The number of nitrogens with one attached hydrogen (secondary N) is 1. The van der Waals surface area contributed by atoms with Crippen LogP contribution in [0, 0.1) is 0 Å². The molecule has 0 aliphatic heterocycles. The Morgan fingerprint density at radius 2 is 1.67 bits per heavy atom. The minimum absolute atomic E-state index is 0.0923. The summed E-state index contributed by atoms with van der Waals surface area (Å²) in [6.45, 7) is 3.32. The number of hydrogen-bond acceptors (Lipinski definition) is 5. The van der Waals surface area contributed by atoms with Crippen LogP contribution in [0.3, 0.4) is 0 Å². The van der Waals surface area contributed by atoms with Crippen molar-refractivity contribution in [2.75, 3.05) is 30.8 Å². The van der Waals surface area contributed by atoms with Crippen molar-refractivity contribution in [1.29, 1.82) is 0 Å². The second-order valence-corrected chi connectivity index (χ2v) is 10.1. The van der Waals surface area contributed by atoms with Gasteiger partial charge in [-0.05, 0) is 49.7 Å². The summed E-state index contributed by atoms with van der Waals surface area (Å²) < 4.78 is 31.1. The van der Waals surface area contributed by atoms with Crippen LogP contribution in [-0.2, 0) is 26.2 Å². The maximum Gasteiger partial charge on any atom is 0.244 e. The largest absolute Gasteiger partial charge is 0.497 e. The molecule has 2 aromatic carbocycles. The van der Waals surface area contributed by atoms with Crippen molar-refractivity contribution in [3.05, 3.63) is 58.1 Å². The summed E-state index contributed by atoms with van der Waals surface area (Å²) in [5, 5.41) is 3.15. The van der Waals surface area contributed by atoms with Gasteiger partial charge in [-0.25, -0.2) is 8.42 Å². The molecule has 180 valence electrons. The average Bonchev–Trinajstić information content (AvgIpc) is 2.74. The van der Waals surface area contributed by atoms with Gasteiger partial charge < -0.3 is 15.0 Å². The molecule has 2 rings (SSSR count). The lowest BCUT2D eigenvalue weighted by Crippen LogP contribution is -2.51. The van der Waals surface area contributed by atoms with Crippen molar-refractivity contribution in [2.24, 2.45) is 0 Å². The van der Waals surface area contributed by atoms with Gasteiger partial charge >= 0.3 is 0 Å². The van der Waals surface area contributed by atoms with Gasteiger partial charge in [-0.15, -0.1) is 0 Å². The standard InChI is InChI=1S/C22H27Cl2N3O5S/c1-5-25-22(29)15(2)26(13-16-6-8-20(32-3)9-7-16)21(28)14-27(33(4,30)31)19-11-17(23)10-18(24)12-19/h6-12,15H,5,13-14H2,1-4H3,(H,25,29). The smallest absolute Gasteiger partial charge is 0.244 e. The summed E-state index contributed by atoms with van der Waals surface area (Å²) in [7, 11) is -2.32. The highest BCUT2D eigenvalue weighted by molar-refractivity contribution is 7.92. The molecule has 0 aliphatic carbocycles. The highest BCUT2D eigenvalue weighted by Gasteiger charge is 2.30. The first kappa shape index (κ1) is 26.8. The van der Waals surface area contributed by atoms with E-state index in [0.29, 0.717) is 12.3 Å². The highest BCUT2D eigenvalue weighted by atomic mass is 35.5. The van der Waals surface area contributed by atoms with E-state index in [4.69, 9.17) is 27.9 Å². The summed E-state index contributed by atoms with van der Waals surface area (Å²) in [5.74, 6) is -0.267. The van der Waals surface area contributed by atoms with Crippen LogP contribution in [0.5, 0.6) is 5.75 Å². The second kappa shape index (κ2) is 11.6. The number of ether oxygens (including phenoxy) is 1. The number of carbonyl (C=O) groups is 2. The first-order chi connectivity index (χ1) is 15.5. The molecule has 2 aromatic rings. The molecule has 0 heterocycles. The van der Waals surface area contributed by atoms with E-state index in [1.165, 1.54) is 23.1 Å². The van der Waals surface area contributed by atoms with Gasteiger partial charge in [-0.3, -0.25) is 13.9 Å². The molecular weight excluding hydrogens is 489 g/mol. The minimum Gasteiger partial charge on any atom is -0.497 e. The van der Waals surface area contributed by atoms with Crippen LogP contribution in [0.2, 0.25) is 10.0 Å². The van der Waals surface area contributed by atoms with E-state index in [1.54, 1.807) is 45.2 Å². The lowest BCUT2D eigenvalue weighted by Gasteiger charge is -2.31. The number of sulfonamides is 1. The Hall–Kier alpha value is -2.49. The van der Waals surface area contributed by atoms with Crippen molar-refractivity contribution in [1.82, 2.24) is 10.2 Å². The summed E-state index contributed by atoms with van der Waals surface area (Å²) in [6, 6.07) is 10.5. The Morgan fingerprint density at radius 1 is 1.09 bits per heavy atom. The van der Waals surface area contributed by atoms with Gasteiger partial charge in [0.25, 0.3) is 0 Å². The fraction of sp³-hybridized carbons (Fsp3) is 0.364. The Bertz CT molecular complexity index is 1070. The van der Waals surface area contributed by atoms with E-state index < -0.39 is 28.5 Å². The average molecular weight is 516 g/mol. The molecule has 11 heteroatoms. The first-order valence-electron chi connectivity index (χ1n) is 10.1. The summed E-state index contributed by atoms with van der Waals surface area (Å²) >= 11 is 12.1. The fourth-order valence-electron chi connectivity index (χ4n) is 3.13. The number of carbonyl (C=O) groups excluding carboxylic acids is 2. The third-order valence-electron chi connectivity index (χ3n) is 4.84. The number of nitrogens with zero attached hydrogens (tertiary/aromatic N) is 2. The van der Waals surface area contributed by atoms with Gasteiger partial charge in [-0.1, -0.05) is 35.3 Å². The number of hydrogen-bond donors (Lipinski definition) is 1. The van der Waals surface area contributed by atoms with Crippen LogP contribution in [0.25, 0.3) is 0 Å². The van der Waals surface area contributed by atoms with E-state index in [1.807, 2.05) is 0 Å². The summed E-state index contributed by atoms with van der Waals surface area (Å²) in [5.41, 5.74) is 0.899. The molecule has 0 saturated heterocycles. The van der Waals surface area contributed by atoms with E-state index in [2.05, 4.69) is 5.32 Å². The lowest BCUT2D eigenvalue weighted by atomic mass is 10.1. The molecule has 0 bridgehead atoms. The van der Waals surface area contributed by atoms with Crippen LogP contribution >= 0.6 is 23.2 Å². The lowest BCUT2D eigenvalue weighted by molar-refractivity contribution is -0.139. The van der Waals surface area contributed by atoms with Gasteiger partial charge in [0, 0.05) is 23.1 Å². The molecular formula is C22H27Cl2N3O5S.